The molecule has 156 valence electrons. The molecule has 0 radical (unpaired) electrons. The Hall–Kier alpha value is -2.77. The highest BCUT2D eigenvalue weighted by molar-refractivity contribution is 6.08. The van der Waals surface area contributed by atoms with Gasteiger partial charge in [-0.25, -0.2) is 8.78 Å². The Bertz CT molecular complexity index is 876. The first kappa shape index (κ1) is 21.0. The largest absolute Gasteiger partial charge is 0.348 e. The molecule has 0 atom stereocenters. The molecule has 2 aromatic rings. The second-order valence-corrected chi connectivity index (χ2v) is 8.60. The monoisotopic (exact) mass is 404 g/mol. The van der Waals surface area contributed by atoms with Gasteiger partial charge >= 0.3 is 0 Å². The Labute approximate surface area is 168 Å². The average molecular weight is 404 g/mol. The summed E-state index contributed by atoms with van der Waals surface area (Å²) in [5, 5.41) is 11.7. The summed E-state index contributed by atoms with van der Waals surface area (Å²) in [6.07, 6.45) is 5.07. The zero-order valence-electron chi connectivity index (χ0n) is 16.8. The molecule has 0 bridgehead atoms. The molecule has 0 saturated heterocycles. The van der Waals surface area contributed by atoms with Gasteiger partial charge in [0.05, 0.1) is 11.9 Å². The Morgan fingerprint density at radius 1 is 1.07 bits per heavy atom. The number of hydrogen-bond donors (Lipinski definition) is 3. The number of nitrogens with zero attached hydrogens (tertiary/aromatic N) is 1. The van der Waals surface area contributed by atoms with Crippen LogP contribution in [-0.4, -0.2) is 28.1 Å². The number of aromatic nitrogens is 2. The van der Waals surface area contributed by atoms with Crippen molar-refractivity contribution in [3.8, 4) is 0 Å². The molecule has 0 aliphatic heterocycles. The summed E-state index contributed by atoms with van der Waals surface area (Å²) < 4.78 is 27.6. The van der Waals surface area contributed by atoms with Crippen LogP contribution in [0.15, 0.2) is 24.4 Å². The first-order chi connectivity index (χ1) is 13.7. The number of amides is 2. The van der Waals surface area contributed by atoms with Crippen molar-refractivity contribution in [2.75, 3.05) is 5.32 Å². The first-order valence-corrected chi connectivity index (χ1v) is 9.76. The third-order valence-corrected chi connectivity index (χ3v) is 5.59. The van der Waals surface area contributed by atoms with Crippen LogP contribution in [0.2, 0.25) is 0 Å². The van der Waals surface area contributed by atoms with E-state index >= 15 is 0 Å². The molecule has 0 spiro atoms. The molecule has 1 aliphatic carbocycles. The van der Waals surface area contributed by atoms with E-state index < -0.39 is 29.0 Å². The number of nitrogens with one attached hydrogen (secondary N) is 3. The van der Waals surface area contributed by atoms with Gasteiger partial charge in [-0.05, 0) is 49.1 Å². The minimum atomic E-state index is -0.985. The maximum Gasteiger partial charge on any atom is 0.271 e. The molecule has 29 heavy (non-hydrogen) atoms. The van der Waals surface area contributed by atoms with E-state index in [1.165, 1.54) is 12.3 Å². The number of anilines is 1. The number of carbonyl (C=O) groups excluding carboxylic acids is 2. The van der Waals surface area contributed by atoms with Gasteiger partial charge in [-0.2, -0.15) is 5.10 Å². The van der Waals surface area contributed by atoms with E-state index in [4.69, 9.17) is 0 Å². The van der Waals surface area contributed by atoms with Crippen molar-refractivity contribution in [3.63, 3.8) is 0 Å². The molecule has 8 heteroatoms. The molecular weight excluding hydrogens is 378 g/mol. The molecule has 2 amide bonds. The summed E-state index contributed by atoms with van der Waals surface area (Å²) in [5.41, 5.74) is -0.343. The van der Waals surface area contributed by atoms with E-state index in [1.807, 2.05) is 0 Å². The fourth-order valence-electron chi connectivity index (χ4n) is 3.81. The van der Waals surface area contributed by atoms with Crippen LogP contribution >= 0.6 is 0 Å². The number of aromatic amines is 1. The minimum Gasteiger partial charge on any atom is -0.348 e. The number of carbonyl (C=O) groups is 2. The van der Waals surface area contributed by atoms with Crippen LogP contribution in [0.5, 0.6) is 0 Å². The highest BCUT2D eigenvalue weighted by Gasteiger charge is 2.31. The van der Waals surface area contributed by atoms with Gasteiger partial charge in [0.2, 0.25) is 0 Å². The van der Waals surface area contributed by atoms with Crippen molar-refractivity contribution < 1.29 is 18.4 Å². The van der Waals surface area contributed by atoms with Crippen LogP contribution in [0.25, 0.3) is 0 Å². The smallest absolute Gasteiger partial charge is 0.271 e. The Morgan fingerprint density at radius 3 is 2.28 bits per heavy atom. The third kappa shape index (κ3) is 4.81. The summed E-state index contributed by atoms with van der Waals surface area (Å²) in [5.74, 6) is -2.73. The van der Waals surface area contributed by atoms with E-state index in [-0.39, 0.29) is 22.8 Å². The van der Waals surface area contributed by atoms with Crippen molar-refractivity contribution in [1.29, 1.82) is 0 Å². The average Bonchev–Trinajstić information content (AvgIpc) is 3.09. The van der Waals surface area contributed by atoms with Crippen LogP contribution in [-0.2, 0) is 0 Å². The second-order valence-electron chi connectivity index (χ2n) is 8.60. The maximum absolute atomic E-state index is 13.8. The van der Waals surface area contributed by atoms with Gasteiger partial charge in [-0.3, -0.25) is 14.7 Å². The van der Waals surface area contributed by atoms with Crippen molar-refractivity contribution in [3.05, 3.63) is 47.3 Å². The lowest BCUT2D eigenvalue weighted by Gasteiger charge is -2.37. The molecular formula is C21H26F2N4O2. The van der Waals surface area contributed by atoms with Gasteiger partial charge in [0.25, 0.3) is 11.8 Å². The number of benzene rings is 1. The van der Waals surface area contributed by atoms with Gasteiger partial charge < -0.3 is 10.6 Å². The van der Waals surface area contributed by atoms with Gasteiger partial charge in [0, 0.05) is 6.04 Å². The van der Waals surface area contributed by atoms with E-state index in [0.717, 1.165) is 37.8 Å². The van der Waals surface area contributed by atoms with Gasteiger partial charge in [-0.1, -0.05) is 26.8 Å². The summed E-state index contributed by atoms with van der Waals surface area (Å²) in [6, 6.07) is 3.20. The lowest BCUT2D eigenvalue weighted by atomic mass is 9.71. The van der Waals surface area contributed by atoms with Crippen LogP contribution < -0.4 is 10.6 Å². The summed E-state index contributed by atoms with van der Waals surface area (Å²) >= 11 is 0. The Morgan fingerprint density at radius 2 is 1.69 bits per heavy atom. The lowest BCUT2D eigenvalue weighted by Crippen LogP contribution is -2.39. The summed E-state index contributed by atoms with van der Waals surface area (Å²) in [6.45, 7) is 6.69. The molecule has 1 fully saturated rings. The predicted octanol–water partition coefficient (Wildman–Crippen LogP) is 4.27. The van der Waals surface area contributed by atoms with E-state index in [0.29, 0.717) is 5.92 Å². The van der Waals surface area contributed by atoms with Crippen molar-refractivity contribution in [2.24, 2.45) is 11.3 Å². The molecule has 1 aliphatic rings. The summed E-state index contributed by atoms with van der Waals surface area (Å²) in [7, 11) is 0. The van der Waals surface area contributed by atoms with Crippen LogP contribution in [0, 0.1) is 23.0 Å². The second kappa shape index (κ2) is 8.31. The van der Waals surface area contributed by atoms with E-state index in [2.05, 4.69) is 41.6 Å². The predicted molar refractivity (Wildman–Crippen MR) is 106 cm³/mol. The molecule has 1 aromatic heterocycles. The standard InChI is InChI=1S/C21H26F2N4O2/c1-21(2,3)12-7-9-13(10-8-12)25-20(29)18-16(11-24-27-18)26-19(28)17-14(22)5-4-6-15(17)23/h4-6,11-13H,7-10H2,1-3H3,(H,24,27)(H,25,29)(H,26,28). The molecule has 1 aromatic carbocycles. The van der Waals surface area contributed by atoms with Crippen LogP contribution in [0.3, 0.4) is 0 Å². The molecule has 3 N–H and O–H groups in total. The molecule has 3 rings (SSSR count). The molecule has 0 unspecified atom stereocenters. The zero-order chi connectivity index (χ0) is 21.2. The highest BCUT2D eigenvalue weighted by atomic mass is 19.1. The van der Waals surface area contributed by atoms with Crippen molar-refractivity contribution >= 4 is 17.5 Å². The van der Waals surface area contributed by atoms with Crippen LogP contribution in [0.4, 0.5) is 14.5 Å². The van der Waals surface area contributed by atoms with Gasteiger partial charge in [-0.15, -0.1) is 0 Å². The van der Waals surface area contributed by atoms with E-state index in [9.17, 15) is 18.4 Å². The quantitative estimate of drug-likeness (QED) is 0.711. The number of rotatable bonds is 4. The fourth-order valence-corrected chi connectivity index (χ4v) is 3.81. The van der Waals surface area contributed by atoms with Gasteiger partial charge in [0.1, 0.15) is 22.9 Å². The Balaban J connectivity index is 1.64. The molecule has 6 nitrogen and oxygen atoms in total. The van der Waals surface area contributed by atoms with Crippen molar-refractivity contribution in [2.45, 2.75) is 52.5 Å². The Kier molecular flexibility index (Phi) is 6.00. The molecule has 1 saturated carbocycles. The van der Waals surface area contributed by atoms with E-state index in [1.54, 1.807) is 0 Å². The number of halogens is 2. The molecule has 1 heterocycles. The topological polar surface area (TPSA) is 86.9 Å². The third-order valence-electron chi connectivity index (χ3n) is 5.59. The maximum atomic E-state index is 13.8. The number of H-pyrrole nitrogens is 1. The first-order valence-electron chi connectivity index (χ1n) is 9.76. The minimum absolute atomic E-state index is 0.0389. The fraction of sp³-hybridized carbons (Fsp3) is 0.476. The van der Waals surface area contributed by atoms with Crippen molar-refractivity contribution in [1.82, 2.24) is 15.5 Å². The summed E-state index contributed by atoms with van der Waals surface area (Å²) in [4.78, 5) is 24.9. The number of hydrogen-bond acceptors (Lipinski definition) is 3. The highest BCUT2D eigenvalue weighted by Crippen LogP contribution is 2.37. The normalized spacial score (nSPS) is 19.6. The zero-order valence-corrected chi connectivity index (χ0v) is 16.8. The SMILES string of the molecule is CC(C)(C)C1CCC(NC(=O)c2[nH]ncc2NC(=O)c2c(F)cccc2F)CC1. The van der Waals surface area contributed by atoms with Crippen LogP contribution in [0.1, 0.15) is 67.3 Å². The van der Waals surface area contributed by atoms with Gasteiger partial charge in [0.15, 0.2) is 0 Å². The lowest BCUT2D eigenvalue weighted by molar-refractivity contribution is 0.0900.